The summed E-state index contributed by atoms with van der Waals surface area (Å²) in [6.45, 7) is 2.97. The number of nitrogens with one attached hydrogen (secondary N) is 1. The molecule has 0 atom stereocenters. The SMILES string of the molecule is CCOc1cc(CNC(=O)c2nn(Cc3ccccc3)c(=O)c3ccccc23)ccn1. The molecular formula is C24H22N4O3. The van der Waals surface area contributed by atoms with Crippen LogP contribution < -0.4 is 15.6 Å². The zero-order valence-corrected chi connectivity index (χ0v) is 17.1. The summed E-state index contributed by atoms with van der Waals surface area (Å²) in [4.78, 5) is 30.1. The van der Waals surface area contributed by atoms with Gasteiger partial charge in [-0.1, -0.05) is 48.5 Å². The van der Waals surface area contributed by atoms with Crippen molar-refractivity contribution < 1.29 is 9.53 Å². The third-order valence-electron chi connectivity index (χ3n) is 4.80. The third kappa shape index (κ3) is 4.61. The molecule has 31 heavy (non-hydrogen) atoms. The van der Waals surface area contributed by atoms with E-state index in [-0.39, 0.29) is 30.2 Å². The fourth-order valence-electron chi connectivity index (χ4n) is 3.32. The van der Waals surface area contributed by atoms with Crippen molar-refractivity contribution in [2.45, 2.75) is 20.0 Å². The number of amides is 1. The Hall–Kier alpha value is -4.00. The topological polar surface area (TPSA) is 86.1 Å². The first-order chi connectivity index (χ1) is 15.2. The van der Waals surface area contributed by atoms with E-state index >= 15 is 0 Å². The predicted molar refractivity (Wildman–Crippen MR) is 118 cm³/mol. The number of ether oxygens (including phenoxy) is 1. The molecule has 0 radical (unpaired) electrons. The van der Waals surface area contributed by atoms with Crippen LogP contribution in [0.5, 0.6) is 5.88 Å². The second-order valence-electron chi connectivity index (χ2n) is 6.96. The minimum absolute atomic E-state index is 0.213. The van der Waals surface area contributed by atoms with E-state index in [1.807, 2.05) is 43.3 Å². The summed E-state index contributed by atoms with van der Waals surface area (Å²) in [6, 6.07) is 20.2. The molecule has 0 saturated carbocycles. The molecule has 0 spiro atoms. The highest BCUT2D eigenvalue weighted by atomic mass is 16.5. The highest BCUT2D eigenvalue weighted by Crippen LogP contribution is 2.15. The lowest BCUT2D eigenvalue weighted by Crippen LogP contribution is -2.30. The van der Waals surface area contributed by atoms with Gasteiger partial charge in [0.05, 0.1) is 18.5 Å². The Morgan fingerprint density at radius 2 is 1.74 bits per heavy atom. The van der Waals surface area contributed by atoms with Gasteiger partial charge in [0, 0.05) is 24.2 Å². The first-order valence-corrected chi connectivity index (χ1v) is 10.1. The maximum Gasteiger partial charge on any atom is 0.274 e. The van der Waals surface area contributed by atoms with Crippen LogP contribution in [0.25, 0.3) is 10.8 Å². The van der Waals surface area contributed by atoms with E-state index < -0.39 is 0 Å². The van der Waals surface area contributed by atoms with Crippen molar-refractivity contribution in [2.24, 2.45) is 0 Å². The van der Waals surface area contributed by atoms with E-state index in [0.29, 0.717) is 23.3 Å². The Morgan fingerprint density at radius 1 is 1.00 bits per heavy atom. The van der Waals surface area contributed by atoms with Gasteiger partial charge in [0.2, 0.25) is 5.88 Å². The van der Waals surface area contributed by atoms with Crippen LogP contribution in [0.2, 0.25) is 0 Å². The standard InChI is InChI=1S/C24H22N4O3/c1-2-31-21-14-18(12-13-25-21)15-26-23(29)22-19-10-6-7-11-20(19)24(30)28(27-22)16-17-8-4-3-5-9-17/h3-14H,2,15-16H2,1H3,(H,26,29). The molecule has 4 aromatic rings. The van der Waals surface area contributed by atoms with Gasteiger partial charge in [-0.3, -0.25) is 9.59 Å². The summed E-state index contributed by atoms with van der Waals surface area (Å²) >= 11 is 0. The Labute approximate surface area is 179 Å². The van der Waals surface area contributed by atoms with Crippen LogP contribution in [0.15, 0.2) is 77.7 Å². The molecule has 7 heteroatoms. The second kappa shape index (κ2) is 9.21. The molecule has 0 fully saturated rings. The molecule has 0 saturated heterocycles. The van der Waals surface area contributed by atoms with Crippen molar-refractivity contribution in [3.8, 4) is 5.88 Å². The molecule has 1 amide bonds. The van der Waals surface area contributed by atoms with Crippen LogP contribution >= 0.6 is 0 Å². The van der Waals surface area contributed by atoms with Crippen LogP contribution in [0.4, 0.5) is 0 Å². The minimum atomic E-state index is -0.354. The average molecular weight is 414 g/mol. The summed E-state index contributed by atoms with van der Waals surface area (Å²) in [5.74, 6) is 0.155. The number of benzene rings is 2. The molecule has 1 N–H and O–H groups in total. The smallest absolute Gasteiger partial charge is 0.274 e. The molecule has 0 aliphatic heterocycles. The molecule has 2 aromatic heterocycles. The van der Waals surface area contributed by atoms with Gasteiger partial charge < -0.3 is 10.1 Å². The number of hydrogen-bond donors (Lipinski definition) is 1. The van der Waals surface area contributed by atoms with Crippen LogP contribution in [0, 0.1) is 0 Å². The Kier molecular flexibility index (Phi) is 6.03. The van der Waals surface area contributed by atoms with Crippen LogP contribution in [-0.2, 0) is 13.1 Å². The Bertz CT molecular complexity index is 1270. The number of hydrogen-bond acceptors (Lipinski definition) is 5. The highest BCUT2D eigenvalue weighted by Gasteiger charge is 2.17. The Morgan fingerprint density at radius 3 is 2.52 bits per heavy atom. The summed E-state index contributed by atoms with van der Waals surface area (Å²) in [5.41, 5.74) is 1.77. The van der Waals surface area contributed by atoms with Gasteiger partial charge in [-0.15, -0.1) is 0 Å². The molecule has 2 aromatic carbocycles. The Balaban J connectivity index is 1.64. The van der Waals surface area contributed by atoms with Gasteiger partial charge >= 0.3 is 0 Å². The summed E-state index contributed by atoms with van der Waals surface area (Å²) < 4.78 is 6.75. The van der Waals surface area contributed by atoms with Crippen molar-refractivity contribution in [1.82, 2.24) is 20.1 Å². The molecule has 156 valence electrons. The zero-order valence-electron chi connectivity index (χ0n) is 17.1. The van der Waals surface area contributed by atoms with Gasteiger partial charge in [0.1, 0.15) is 0 Å². The maximum absolute atomic E-state index is 13.0. The number of aromatic nitrogens is 3. The second-order valence-corrected chi connectivity index (χ2v) is 6.96. The predicted octanol–water partition coefficient (Wildman–Crippen LogP) is 3.17. The monoisotopic (exact) mass is 414 g/mol. The van der Waals surface area contributed by atoms with Crippen molar-refractivity contribution >= 4 is 16.7 Å². The van der Waals surface area contributed by atoms with E-state index in [4.69, 9.17) is 4.74 Å². The van der Waals surface area contributed by atoms with Crippen molar-refractivity contribution in [2.75, 3.05) is 6.61 Å². The molecule has 4 rings (SSSR count). The van der Waals surface area contributed by atoms with Crippen LogP contribution in [-0.4, -0.2) is 27.3 Å². The number of fused-ring (bicyclic) bond motifs is 1. The number of nitrogens with zero attached hydrogens (tertiary/aromatic N) is 3. The van der Waals surface area contributed by atoms with Crippen molar-refractivity contribution in [1.29, 1.82) is 0 Å². The average Bonchev–Trinajstić information content (AvgIpc) is 2.80. The first kappa shape index (κ1) is 20.3. The van der Waals surface area contributed by atoms with Gasteiger partial charge in [-0.05, 0) is 30.2 Å². The molecule has 2 heterocycles. The molecule has 7 nitrogen and oxygen atoms in total. The number of carbonyl (C=O) groups excluding carboxylic acids is 1. The van der Waals surface area contributed by atoms with Gasteiger partial charge in [-0.2, -0.15) is 5.10 Å². The minimum Gasteiger partial charge on any atom is -0.478 e. The lowest BCUT2D eigenvalue weighted by molar-refractivity contribution is 0.0945. The van der Waals surface area contributed by atoms with E-state index in [1.165, 1.54) is 4.68 Å². The molecule has 0 aliphatic carbocycles. The van der Waals surface area contributed by atoms with Gasteiger partial charge in [0.25, 0.3) is 11.5 Å². The molecule has 0 unspecified atom stereocenters. The quantitative estimate of drug-likeness (QED) is 0.502. The third-order valence-corrected chi connectivity index (χ3v) is 4.80. The first-order valence-electron chi connectivity index (χ1n) is 10.1. The zero-order chi connectivity index (χ0) is 21.6. The number of pyridine rings is 1. The molecule has 0 aliphatic rings. The summed E-state index contributed by atoms with van der Waals surface area (Å²) in [5, 5.41) is 8.28. The largest absolute Gasteiger partial charge is 0.478 e. The lowest BCUT2D eigenvalue weighted by atomic mass is 10.1. The van der Waals surface area contributed by atoms with Crippen LogP contribution in [0.3, 0.4) is 0 Å². The van der Waals surface area contributed by atoms with Crippen LogP contribution in [0.1, 0.15) is 28.5 Å². The van der Waals surface area contributed by atoms with Gasteiger partial charge in [-0.25, -0.2) is 9.67 Å². The summed E-state index contributed by atoms with van der Waals surface area (Å²) in [6.07, 6.45) is 1.64. The molecule has 0 bridgehead atoms. The number of carbonyl (C=O) groups is 1. The van der Waals surface area contributed by atoms with Gasteiger partial charge in [0.15, 0.2) is 5.69 Å². The maximum atomic E-state index is 13.0. The van der Waals surface area contributed by atoms with Crippen molar-refractivity contribution in [3.63, 3.8) is 0 Å². The molecular weight excluding hydrogens is 392 g/mol. The normalized spacial score (nSPS) is 10.7. The highest BCUT2D eigenvalue weighted by molar-refractivity contribution is 6.04. The van der Waals surface area contributed by atoms with Crippen molar-refractivity contribution in [3.05, 3.63) is 100 Å². The van der Waals surface area contributed by atoms with E-state index in [9.17, 15) is 9.59 Å². The fraction of sp³-hybridized carbons (Fsp3) is 0.167. The lowest BCUT2D eigenvalue weighted by Gasteiger charge is -2.12. The number of rotatable bonds is 7. The van der Waals surface area contributed by atoms with E-state index in [1.54, 1.807) is 36.5 Å². The fourth-order valence-corrected chi connectivity index (χ4v) is 3.32. The van der Waals surface area contributed by atoms with E-state index in [2.05, 4.69) is 15.4 Å². The van der Waals surface area contributed by atoms with E-state index in [0.717, 1.165) is 11.1 Å². The summed E-state index contributed by atoms with van der Waals surface area (Å²) in [7, 11) is 0.